The normalized spacial score (nSPS) is 10.5. The average molecular weight is 406 g/mol. The number of carbonyl (C=O) groups is 1. The monoisotopic (exact) mass is 405 g/mol. The Kier molecular flexibility index (Phi) is 6.49. The summed E-state index contributed by atoms with van der Waals surface area (Å²) in [6, 6.07) is 15.2. The number of rotatable bonds is 7. The minimum absolute atomic E-state index is 0.0769. The van der Waals surface area contributed by atoms with Crippen molar-refractivity contribution in [3.63, 3.8) is 0 Å². The van der Waals surface area contributed by atoms with E-state index < -0.39 is 0 Å². The topological polar surface area (TPSA) is 64.1 Å². The molecule has 26 heavy (non-hydrogen) atoms. The van der Waals surface area contributed by atoms with E-state index in [9.17, 15) is 4.79 Å². The molecular formula is C18H16ClN3O2S2. The number of anilines is 1. The summed E-state index contributed by atoms with van der Waals surface area (Å²) < 4.78 is 6.28. The Morgan fingerprint density at radius 2 is 1.96 bits per heavy atom. The molecule has 0 spiro atoms. The van der Waals surface area contributed by atoms with Crippen LogP contribution in [0.4, 0.5) is 5.13 Å². The van der Waals surface area contributed by atoms with E-state index in [1.165, 1.54) is 23.1 Å². The van der Waals surface area contributed by atoms with Crippen molar-refractivity contribution in [1.29, 1.82) is 0 Å². The molecule has 1 N–H and O–H groups in total. The molecule has 0 unspecified atom stereocenters. The van der Waals surface area contributed by atoms with Gasteiger partial charge in [0.15, 0.2) is 10.9 Å². The summed E-state index contributed by atoms with van der Waals surface area (Å²) >= 11 is 8.99. The predicted octanol–water partition coefficient (Wildman–Crippen LogP) is 4.81. The number of amides is 1. The number of thioether (sulfide) groups is 1. The number of para-hydroxylation sites is 1. The zero-order valence-electron chi connectivity index (χ0n) is 13.9. The number of hydrogen-bond donors (Lipinski definition) is 1. The second-order valence-corrected chi connectivity index (χ2v) is 7.96. The number of hydrogen-bond acceptors (Lipinski definition) is 6. The molecule has 3 rings (SSSR count). The van der Waals surface area contributed by atoms with Crippen molar-refractivity contribution in [3.8, 4) is 5.75 Å². The smallest absolute Gasteiger partial charge is 0.264 e. The van der Waals surface area contributed by atoms with E-state index in [-0.39, 0.29) is 12.5 Å². The van der Waals surface area contributed by atoms with Gasteiger partial charge >= 0.3 is 0 Å². The zero-order valence-corrected chi connectivity index (χ0v) is 16.3. The molecule has 0 saturated carbocycles. The maximum atomic E-state index is 12.0. The third-order valence-electron chi connectivity index (χ3n) is 3.41. The summed E-state index contributed by atoms with van der Waals surface area (Å²) in [5.74, 6) is 1.11. The molecule has 0 aliphatic rings. The summed E-state index contributed by atoms with van der Waals surface area (Å²) in [7, 11) is 0. The minimum atomic E-state index is -0.271. The average Bonchev–Trinajstić information content (AvgIpc) is 3.08. The van der Waals surface area contributed by atoms with Crippen LogP contribution in [0.15, 0.2) is 52.9 Å². The lowest BCUT2D eigenvalue weighted by molar-refractivity contribution is -0.118. The number of nitrogens with one attached hydrogen (secondary N) is 1. The lowest BCUT2D eigenvalue weighted by Gasteiger charge is -2.07. The summed E-state index contributed by atoms with van der Waals surface area (Å²) in [5.41, 5.74) is 2.01. The predicted molar refractivity (Wildman–Crippen MR) is 106 cm³/mol. The maximum absolute atomic E-state index is 12.0. The highest BCUT2D eigenvalue weighted by molar-refractivity contribution is 8.00. The van der Waals surface area contributed by atoms with Crippen LogP contribution in [0.2, 0.25) is 5.02 Å². The molecular weight excluding hydrogens is 390 g/mol. The number of carbonyl (C=O) groups excluding carboxylic acids is 1. The number of halogens is 1. The molecule has 1 amide bonds. The highest BCUT2D eigenvalue weighted by Gasteiger charge is 2.10. The molecule has 0 radical (unpaired) electrons. The lowest BCUT2D eigenvalue weighted by Crippen LogP contribution is -2.20. The Morgan fingerprint density at radius 1 is 1.19 bits per heavy atom. The van der Waals surface area contributed by atoms with Crippen molar-refractivity contribution in [2.45, 2.75) is 17.0 Å². The SMILES string of the molecule is Cc1ccccc1OCC(=O)Nc1nnc(SCc2ccccc2Cl)s1. The number of nitrogens with zero attached hydrogens (tertiary/aromatic N) is 2. The number of benzene rings is 2. The highest BCUT2D eigenvalue weighted by atomic mass is 35.5. The fourth-order valence-corrected chi connectivity index (χ4v) is 4.14. The molecule has 3 aromatic rings. The number of aromatic nitrogens is 2. The summed E-state index contributed by atoms with van der Waals surface area (Å²) in [4.78, 5) is 12.0. The fourth-order valence-electron chi connectivity index (χ4n) is 2.09. The fraction of sp³-hybridized carbons (Fsp3) is 0.167. The minimum Gasteiger partial charge on any atom is -0.483 e. The quantitative estimate of drug-likeness (QED) is 0.451. The van der Waals surface area contributed by atoms with Gasteiger partial charge in [-0.25, -0.2) is 0 Å². The van der Waals surface area contributed by atoms with E-state index >= 15 is 0 Å². The Morgan fingerprint density at radius 3 is 2.77 bits per heavy atom. The molecule has 134 valence electrons. The van der Waals surface area contributed by atoms with E-state index in [2.05, 4.69) is 15.5 Å². The first-order valence-corrected chi connectivity index (χ1v) is 9.98. The van der Waals surface area contributed by atoms with Gasteiger partial charge in [-0.1, -0.05) is 71.1 Å². The van der Waals surface area contributed by atoms with Crippen LogP contribution in [0.3, 0.4) is 0 Å². The maximum Gasteiger partial charge on any atom is 0.264 e. The van der Waals surface area contributed by atoms with Gasteiger partial charge in [0.2, 0.25) is 5.13 Å². The van der Waals surface area contributed by atoms with E-state index in [4.69, 9.17) is 16.3 Å². The summed E-state index contributed by atoms with van der Waals surface area (Å²) in [6.07, 6.45) is 0. The van der Waals surface area contributed by atoms with E-state index in [1.807, 2.05) is 55.5 Å². The van der Waals surface area contributed by atoms with Gasteiger partial charge in [0, 0.05) is 10.8 Å². The molecule has 1 heterocycles. The van der Waals surface area contributed by atoms with E-state index in [0.29, 0.717) is 16.6 Å². The number of ether oxygens (including phenoxy) is 1. The van der Waals surface area contributed by atoms with Crippen LogP contribution in [-0.2, 0) is 10.5 Å². The van der Waals surface area contributed by atoms with Crippen LogP contribution >= 0.6 is 34.7 Å². The van der Waals surface area contributed by atoms with Crippen LogP contribution in [0, 0.1) is 6.92 Å². The molecule has 0 saturated heterocycles. The van der Waals surface area contributed by atoms with Crippen LogP contribution in [0.5, 0.6) is 5.75 Å². The Hall–Kier alpha value is -2.09. The van der Waals surface area contributed by atoms with Gasteiger partial charge in [-0.2, -0.15) is 0 Å². The summed E-state index contributed by atoms with van der Waals surface area (Å²) in [5, 5.41) is 12.0. The molecule has 1 aromatic heterocycles. The standard InChI is InChI=1S/C18H16ClN3O2S2/c1-12-6-2-5-9-15(12)24-10-16(23)20-17-21-22-18(26-17)25-11-13-7-3-4-8-14(13)19/h2-9H,10-11H2,1H3,(H,20,21,23). The second-order valence-electron chi connectivity index (χ2n) is 5.36. The molecule has 0 atom stereocenters. The Bertz CT molecular complexity index is 901. The van der Waals surface area contributed by atoms with Crippen molar-refractivity contribution in [2.24, 2.45) is 0 Å². The van der Waals surface area contributed by atoms with Gasteiger partial charge < -0.3 is 4.74 Å². The molecule has 2 aromatic carbocycles. The van der Waals surface area contributed by atoms with Crippen molar-refractivity contribution in [1.82, 2.24) is 10.2 Å². The van der Waals surface area contributed by atoms with E-state index in [0.717, 1.165) is 20.5 Å². The van der Waals surface area contributed by atoms with Gasteiger partial charge in [0.05, 0.1) is 0 Å². The molecule has 0 bridgehead atoms. The molecule has 0 fully saturated rings. The molecule has 5 nitrogen and oxygen atoms in total. The van der Waals surface area contributed by atoms with Gasteiger partial charge in [0.1, 0.15) is 5.75 Å². The first kappa shape index (κ1) is 18.7. The van der Waals surface area contributed by atoms with Gasteiger partial charge in [0.25, 0.3) is 5.91 Å². The van der Waals surface area contributed by atoms with Crippen LogP contribution in [-0.4, -0.2) is 22.7 Å². The van der Waals surface area contributed by atoms with Crippen LogP contribution in [0.1, 0.15) is 11.1 Å². The van der Waals surface area contributed by atoms with Gasteiger partial charge in [-0.05, 0) is 30.2 Å². The number of aryl methyl sites for hydroxylation is 1. The Labute approximate surface area is 164 Å². The first-order chi connectivity index (χ1) is 12.6. The van der Waals surface area contributed by atoms with E-state index in [1.54, 1.807) is 0 Å². The van der Waals surface area contributed by atoms with Crippen LogP contribution < -0.4 is 10.1 Å². The molecule has 0 aliphatic heterocycles. The van der Waals surface area contributed by atoms with Crippen molar-refractivity contribution < 1.29 is 9.53 Å². The third-order valence-corrected chi connectivity index (χ3v) is 5.80. The van der Waals surface area contributed by atoms with Crippen molar-refractivity contribution in [2.75, 3.05) is 11.9 Å². The van der Waals surface area contributed by atoms with Gasteiger partial charge in [-0.3, -0.25) is 10.1 Å². The second kappa shape index (κ2) is 9.02. The summed E-state index contributed by atoms with van der Waals surface area (Å²) in [6.45, 7) is 1.85. The first-order valence-electron chi connectivity index (χ1n) is 7.80. The highest BCUT2D eigenvalue weighted by Crippen LogP contribution is 2.30. The van der Waals surface area contributed by atoms with Crippen LogP contribution in [0.25, 0.3) is 0 Å². The van der Waals surface area contributed by atoms with Crippen molar-refractivity contribution in [3.05, 3.63) is 64.7 Å². The molecule has 0 aliphatic carbocycles. The van der Waals surface area contributed by atoms with Gasteiger partial charge in [-0.15, -0.1) is 10.2 Å². The van der Waals surface area contributed by atoms with Crippen molar-refractivity contribution >= 4 is 45.7 Å². The Balaban J connectivity index is 1.49. The largest absolute Gasteiger partial charge is 0.483 e. The zero-order chi connectivity index (χ0) is 18.4. The molecule has 8 heteroatoms. The lowest BCUT2D eigenvalue weighted by atomic mass is 10.2. The third kappa shape index (κ3) is 5.20.